The molecule has 22 heteroatoms. The molecule has 6 aromatic heterocycles. The fourth-order valence-electron chi connectivity index (χ4n) is 10.2. The van der Waals surface area contributed by atoms with Crippen LogP contribution in [-0.2, 0) is 12.8 Å². The number of nitrogens with zero attached hydrogens (tertiary/aromatic N) is 12. The molecule has 4 aromatic carbocycles. The molecule has 2 aliphatic heterocycles. The Balaban J connectivity index is 0.000000170. The SMILES string of the molecule is CCCCNc1nccc(-c2c(-c3ccc(F)cc3)nc3n2C(COc2ccc4cccc([N+](=O)[O-])c4n2)CC3)n1.CCCNc1nccc(-c2c(-c3ccc(F)cc3)nc3n2C(COc2ccc4cccc([N+](=O)[O-])c4n2)CC3)n1. The Bertz CT molecular complexity index is 3930. The fourth-order valence-corrected chi connectivity index (χ4v) is 10.2. The van der Waals surface area contributed by atoms with Crippen LogP contribution < -0.4 is 20.1 Å². The third-order valence-electron chi connectivity index (χ3n) is 14.1. The topological polar surface area (TPSA) is 242 Å². The number of ether oxygens (including phenoxy) is 2. The van der Waals surface area contributed by atoms with Gasteiger partial charge < -0.3 is 29.2 Å². The highest BCUT2D eigenvalue weighted by Gasteiger charge is 2.33. The molecule has 0 bridgehead atoms. The summed E-state index contributed by atoms with van der Waals surface area (Å²) in [4.78, 5) is 59.3. The summed E-state index contributed by atoms with van der Waals surface area (Å²) in [7, 11) is 0. The molecule has 2 aliphatic rings. The number of nitrogens with one attached hydrogen (secondary N) is 2. The molecule has 0 saturated heterocycles. The maximum atomic E-state index is 13.8. The van der Waals surface area contributed by atoms with Crippen LogP contribution in [-0.4, -0.2) is 85.2 Å². The molecule has 2 N–H and O–H groups in total. The van der Waals surface area contributed by atoms with Crippen molar-refractivity contribution < 1.29 is 28.1 Å². The number of fused-ring (bicyclic) bond motifs is 4. The molecule has 12 rings (SSSR count). The summed E-state index contributed by atoms with van der Waals surface area (Å²) >= 11 is 0. The Morgan fingerprint density at radius 1 is 0.556 bits per heavy atom. The molecule has 20 nitrogen and oxygen atoms in total. The van der Waals surface area contributed by atoms with Crippen LogP contribution in [0.2, 0.25) is 0 Å². The highest BCUT2D eigenvalue weighted by Crippen LogP contribution is 2.42. The number of rotatable bonds is 19. The monoisotopic (exact) mass is 1090 g/mol. The number of nitro benzene ring substituents is 2. The molecule has 410 valence electrons. The van der Waals surface area contributed by atoms with Crippen LogP contribution in [0.3, 0.4) is 0 Å². The van der Waals surface area contributed by atoms with Crippen LogP contribution in [0.25, 0.3) is 67.1 Å². The Kier molecular flexibility index (Phi) is 15.5. The Labute approximate surface area is 462 Å². The minimum absolute atomic E-state index is 0.0657. The predicted octanol–water partition coefficient (Wildman–Crippen LogP) is 12.4. The quantitative estimate of drug-likeness (QED) is 0.0434. The Morgan fingerprint density at radius 2 is 1.01 bits per heavy atom. The number of para-hydroxylation sites is 2. The summed E-state index contributed by atoms with van der Waals surface area (Å²) in [5, 5.41) is 30.9. The first-order valence-corrected chi connectivity index (χ1v) is 26.8. The second kappa shape index (κ2) is 23.6. The van der Waals surface area contributed by atoms with Gasteiger partial charge in [0.2, 0.25) is 23.7 Å². The molecule has 0 amide bonds. The van der Waals surface area contributed by atoms with E-state index in [1.807, 2.05) is 12.1 Å². The van der Waals surface area contributed by atoms with Gasteiger partial charge in [-0.3, -0.25) is 20.2 Å². The third-order valence-corrected chi connectivity index (χ3v) is 14.1. The lowest BCUT2D eigenvalue weighted by Crippen LogP contribution is -2.16. The number of hydrogen-bond acceptors (Lipinski definition) is 16. The molecule has 0 saturated carbocycles. The first-order valence-electron chi connectivity index (χ1n) is 26.8. The minimum atomic E-state index is -0.442. The predicted molar refractivity (Wildman–Crippen MR) is 302 cm³/mol. The smallest absolute Gasteiger partial charge is 0.295 e. The van der Waals surface area contributed by atoms with Gasteiger partial charge >= 0.3 is 0 Å². The van der Waals surface area contributed by atoms with Crippen molar-refractivity contribution in [1.82, 2.24) is 49.0 Å². The summed E-state index contributed by atoms with van der Waals surface area (Å²) in [6.07, 6.45) is 9.45. The van der Waals surface area contributed by atoms with Crippen molar-refractivity contribution in [1.29, 1.82) is 0 Å². The van der Waals surface area contributed by atoms with E-state index in [4.69, 9.17) is 29.4 Å². The number of aryl methyl sites for hydroxylation is 2. The fraction of sp³-hybridized carbons (Fsp3) is 0.254. The highest BCUT2D eigenvalue weighted by atomic mass is 19.1. The normalized spacial score (nSPS) is 14.3. The van der Waals surface area contributed by atoms with Gasteiger partial charge in [-0.15, -0.1) is 0 Å². The third kappa shape index (κ3) is 11.4. The molecule has 8 heterocycles. The Morgan fingerprint density at radius 3 is 1.44 bits per heavy atom. The summed E-state index contributed by atoms with van der Waals surface area (Å²) in [5.41, 5.74) is 6.42. The lowest BCUT2D eigenvalue weighted by molar-refractivity contribution is -0.383. The summed E-state index contributed by atoms with van der Waals surface area (Å²) in [6.45, 7) is 6.27. The first-order chi connectivity index (χ1) is 39.5. The van der Waals surface area contributed by atoms with Crippen molar-refractivity contribution >= 4 is 45.1 Å². The van der Waals surface area contributed by atoms with Gasteiger partial charge in [0.1, 0.15) is 36.5 Å². The number of nitro groups is 2. The van der Waals surface area contributed by atoms with E-state index in [2.05, 4.69) is 53.6 Å². The number of aromatic nitrogens is 10. The molecule has 2 atom stereocenters. The van der Waals surface area contributed by atoms with E-state index in [1.54, 1.807) is 85.2 Å². The van der Waals surface area contributed by atoms with E-state index in [-0.39, 0.29) is 59.3 Å². The van der Waals surface area contributed by atoms with Crippen LogP contribution >= 0.6 is 0 Å². The van der Waals surface area contributed by atoms with Crippen molar-refractivity contribution in [3.05, 3.63) is 177 Å². The zero-order valence-corrected chi connectivity index (χ0v) is 44.2. The number of halogens is 2. The zero-order chi connectivity index (χ0) is 56.0. The van der Waals surface area contributed by atoms with Crippen LogP contribution in [0.4, 0.5) is 32.1 Å². The van der Waals surface area contributed by atoms with Crippen molar-refractivity contribution in [2.75, 3.05) is 36.9 Å². The molecule has 81 heavy (non-hydrogen) atoms. The molecule has 0 radical (unpaired) electrons. The first kappa shape index (κ1) is 53.2. The number of unbranched alkanes of at least 4 members (excludes halogenated alkanes) is 1. The van der Waals surface area contributed by atoms with Crippen LogP contribution in [0.1, 0.15) is 69.7 Å². The largest absolute Gasteiger partial charge is 0.475 e. The summed E-state index contributed by atoms with van der Waals surface area (Å²) in [5.74, 6) is 2.80. The van der Waals surface area contributed by atoms with Gasteiger partial charge in [-0.05, 0) is 98.5 Å². The zero-order valence-electron chi connectivity index (χ0n) is 44.2. The standard InChI is InChI=1S/C30H28FN7O3.C29H26FN7O3/c1-2-3-16-32-30-33-17-15-23(34-30)29-28(20-7-10-21(31)11-8-20)35-25-13-12-22(37(25)29)18-41-26-14-9-19-5-4-6-24(38(39)40)27(19)36-26;1-2-15-31-29-32-16-14-22(33-29)28-27(19-6-9-20(30)10-7-19)34-24-12-11-21(36(24)28)17-40-25-13-8-18-4-3-5-23(37(38)39)26(18)35-25/h4-11,14-15,17,22H,2-3,12-13,16,18H2,1H3,(H,32,33,34);3-10,13-14,16,21H,2,11-12,15,17H2,1H3,(H,31,32,33). The lowest BCUT2D eigenvalue weighted by Gasteiger charge is -2.18. The second-order valence-corrected chi connectivity index (χ2v) is 19.5. The molecule has 0 spiro atoms. The molecule has 0 fully saturated rings. The number of hydrogen-bond donors (Lipinski definition) is 2. The van der Waals surface area contributed by atoms with Crippen molar-refractivity contribution in [2.24, 2.45) is 0 Å². The number of anilines is 2. The average molecular weight is 1090 g/mol. The second-order valence-electron chi connectivity index (χ2n) is 19.5. The molecule has 2 unspecified atom stereocenters. The Hall–Kier alpha value is -9.86. The number of imidazole rings is 2. The van der Waals surface area contributed by atoms with Gasteiger partial charge in [-0.1, -0.05) is 44.5 Å². The van der Waals surface area contributed by atoms with E-state index in [1.165, 1.54) is 36.4 Å². The average Bonchev–Trinajstić information content (AvgIpc) is 4.48. The van der Waals surface area contributed by atoms with Gasteiger partial charge in [-0.25, -0.2) is 48.7 Å². The molecule has 0 aliphatic carbocycles. The minimum Gasteiger partial charge on any atom is -0.475 e. The molecular formula is C59H54F2N14O6. The van der Waals surface area contributed by atoms with Crippen LogP contribution in [0, 0.1) is 31.9 Å². The lowest BCUT2D eigenvalue weighted by atomic mass is 10.1. The van der Waals surface area contributed by atoms with Crippen LogP contribution in [0.15, 0.2) is 134 Å². The van der Waals surface area contributed by atoms with Gasteiger partial charge in [0, 0.05) is 84.5 Å². The number of benzene rings is 4. The van der Waals surface area contributed by atoms with Crippen LogP contribution in [0.5, 0.6) is 11.8 Å². The van der Waals surface area contributed by atoms with E-state index in [0.717, 1.165) is 92.2 Å². The summed E-state index contributed by atoms with van der Waals surface area (Å²) in [6, 6.07) is 32.8. The van der Waals surface area contributed by atoms with Crippen molar-refractivity contribution in [2.45, 2.75) is 70.9 Å². The molecule has 10 aromatic rings. The van der Waals surface area contributed by atoms with Crippen molar-refractivity contribution in [3.63, 3.8) is 0 Å². The molecular weight excluding hydrogens is 1040 g/mol. The highest BCUT2D eigenvalue weighted by molar-refractivity contribution is 5.88. The summed E-state index contributed by atoms with van der Waals surface area (Å²) < 4.78 is 44.0. The number of pyridine rings is 2. The van der Waals surface area contributed by atoms with E-state index in [9.17, 15) is 29.0 Å². The number of non-ortho nitro benzene ring substituents is 2. The van der Waals surface area contributed by atoms with Gasteiger partial charge in [0.15, 0.2) is 11.0 Å². The van der Waals surface area contributed by atoms with Gasteiger partial charge in [0.05, 0.1) is 56.1 Å². The van der Waals surface area contributed by atoms with Crippen molar-refractivity contribution in [3.8, 4) is 57.1 Å². The van der Waals surface area contributed by atoms with E-state index in [0.29, 0.717) is 57.2 Å². The maximum Gasteiger partial charge on any atom is 0.295 e. The van der Waals surface area contributed by atoms with Gasteiger partial charge in [-0.2, -0.15) is 0 Å². The van der Waals surface area contributed by atoms with E-state index < -0.39 is 9.85 Å². The van der Waals surface area contributed by atoms with Gasteiger partial charge in [0.25, 0.3) is 11.4 Å². The van der Waals surface area contributed by atoms with E-state index >= 15 is 0 Å². The maximum absolute atomic E-state index is 13.8.